The van der Waals surface area contributed by atoms with Crippen molar-refractivity contribution in [2.45, 2.75) is 32.7 Å². The number of hydrogen-bond donors (Lipinski definition) is 1. The Morgan fingerprint density at radius 2 is 2.16 bits per heavy atom. The zero-order valence-corrected chi connectivity index (χ0v) is 12.1. The van der Waals surface area contributed by atoms with Crippen LogP contribution in [0.15, 0.2) is 35.1 Å². The fourth-order valence-corrected chi connectivity index (χ4v) is 2.33. The standard InChI is InChI=1S/C15H19ClN2O/c1-3-11-5-6-12(18-10-11)9-14(17-4-2)13-7-8-19-15(13)16/h5-8,10,14,17H,3-4,9H2,1-2H3. The first-order valence-corrected chi connectivity index (χ1v) is 7.02. The van der Waals surface area contributed by atoms with Gasteiger partial charge in [-0.1, -0.05) is 19.9 Å². The van der Waals surface area contributed by atoms with Crippen molar-refractivity contribution in [3.05, 3.63) is 52.7 Å². The molecule has 1 unspecified atom stereocenters. The Morgan fingerprint density at radius 3 is 2.68 bits per heavy atom. The van der Waals surface area contributed by atoms with Crippen molar-refractivity contribution in [2.24, 2.45) is 0 Å². The lowest BCUT2D eigenvalue weighted by atomic mass is 10.0. The third-order valence-corrected chi connectivity index (χ3v) is 3.49. The van der Waals surface area contributed by atoms with Crippen LogP contribution in [0.4, 0.5) is 0 Å². The second-order valence-corrected chi connectivity index (χ2v) is 4.82. The van der Waals surface area contributed by atoms with Gasteiger partial charge in [-0.05, 0) is 42.3 Å². The minimum absolute atomic E-state index is 0.135. The summed E-state index contributed by atoms with van der Waals surface area (Å²) >= 11 is 6.06. The highest BCUT2D eigenvalue weighted by molar-refractivity contribution is 6.29. The summed E-state index contributed by atoms with van der Waals surface area (Å²) in [5.41, 5.74) is 3.30. The third-order valence-electron chi connectivity index (χ3n) is 3.18. The number of rotatable bonds is 6. The zero-order valence-electron chi connectivity index (χ0n) is 11.3. The van der Waals surface area contributed by atoms with E-state index in [9.17, 15) is 0 Å². The van der Waals surface area contributed by atoms with E-state index in [1.165, 1.54) is 5.56 Å². The number of nitrogens with zero attached hydrogens (tertiary/aromatic N) is 1. The molecule has 0 amide bonds. The van der Waals surface area contributed by atoms with Gasteiger partial charge in [0.15, 0.2) is 5.22 Å². The topological polar surface area (TPSA) is 38.1 Å². The highest BCUT2D eigenvalue weighted by atomic mass is 35.5. The van der Waals surface area contributed by atoms with Crippen LogP contribution < -0.4 is 5.32 Å². The van der Waals surface area contributed by atoms with Gasteiger partial charge in [-0.15, -0.1) is 0 Å². The van der Waals surface area contributed by atoms with Crippen LogP contribution >= 0.6 is 11.6 Å². The normalized spacial score (nSPS) is 12.6. The summed E-state index contributed by atoms with van der Waals surface area (Å²) in [6.45, 7) is 5.08. The predicted octanol–water partition coefficient (Wildman–Crippen LogP) is 3.78. The summed E-state index contributed by atoms with van der Waals surface area (Å²) in [5, 5.41) is 3.87. The Balaban J connectivity index is 2.14. The highest BCUT2D eigenvalue weighted by Gasteiger charge is 2.17. The van der Waals surface area contributed by atoms with Gasteiger partial charge in [0, 0.05) is 29.9 Å². The van der Waals surface area contributed by atoms with Crippen molar-refractivity contribution < 1.29 is 4.42 Å². The number of aromatic nitrogens is 1. The molecule has 0 aliphatic carbocycles. The monoisotopic (exact) mass is 278 g/mol. The molecule has 102 valence electrons. The Hall–Kier alpha value is -1.32. The van der Waals surface area contributed by atoms with E-state index in [0.717, 1.165) is 30.6 Å². The molecule has 1 N–H and O–H groups in total. The molecular weight excluding hydrogens is 260 g/mol. The van der Waals surface area contributed by atoms with Gasteiger partial charge in [0.2, 0.25) is 0 Å². The van der Waals surface area contributed by atoms with Crippen molar-refractivity contribution in [1.82, 2.24) is 10.3 Å². The number of pyridine rings is 1. The Labute approximate surface area is 119 Å². The van der Waals surface area contributed by atoms with E-state index in [4.69, 9.17) is 16.0 Å². The van der Waals surface area contributed by atoms with Crippen LogP contribution in [0.25, 0.3) is 0 Å². The first kappa shape index (κ1) is 14.1. The summed E-state index contributed by atoms with van der Waals surface area (Å²) in [4.78, 5) is 4.50. The molecule has 0 aromatic carbocycles. The molecule has 2 rings (SSSR count). The van der Waals surface area contributed by atoms with E-state index in [1.54, 1.807) is 6.26 Å². The molecule has 0 bridgehead atoms. The van der Waals surface area contributed by atoms with Gasteiger partial charge in [0.25, 0.3) is 0 Å². The number of furan rings is 1. The largest absolute Gasteiger partial charge is 0.453 e. The molecule has 0 aliphatic rings. The second kappa shape index (κ2) is 6.73. The highest BCUT2D eigenvalue weighted by Crippen LogP contribution is 2.26. The van der Waals surface area contributed by atoms with Crippen molar-refractivity contribution in [1.29, 1.82) is 0 Å². The lowest BCUT2D eigenvalue weighted by Gasteiger charge is -2.16. The third kappa shape index (κ3) is 3.58. The maximum atomic E-state index is 6.06. The first-order chi connectivity index (χ1) is 9.24. The molecule has 1 atom stereocenters. The van der Waals surface area contributed by atoms with Gasteiger partial charge in [-0.25, -0.2) is 0 Å². The number of likely N-dealkylation sites (N-methyl/N-ethyl adjacent to an activating group) is 1. The van der Waals surface area contributed by atoms with Crippen LogP contribution in [-0.4, -0.2) is 11.5 Å². The number of hydrogen-bond acceptors (Lipinski definition) is 3. The molecule has 0 fully saturated rings. The van der Waals surface area contributed by atoms with Gasteiger partial charge in [-0.2, -0.15) is 0 Å². The Bertz CT molecular complexity index is 507. The Morgan fingerprint density at radius 1 is 1.32 bits per heavy atom. The quantitative estimate of drug-likeness (QED) is 0.874. The maximum absolute atomic E-state index is 6.06. The van der Waals surface area contributed by atoms with Gasteiger partial charge in [0.1, 0.15) is 0 Å². The van der Waals surface area contributed by atoms with E-state index in [-0.39, 0.29) is 6.04 Å². The lowest BCUT2D eigenvalue weighted by Crippen LogP contribution is -2.23. The number of halogens is 1. The summed E-state index contributed by atoms with van der Waals surface area (Å²) in [6.07, 6.45) is 5.37. The van der Waals surface area contributed by atoms with Crippen molar-refractivity contribution in [3.8, 4) is 0 Å². The minimum Gasteiger partial charge on any atom is -0.453 e. The van der Waals surface area contributed by atoms with E-state index in [0.29, 0.717) is 5.22 Å². The summed E-state index contributed by atoms with van der Waals surface area (Å²) in [7, 11) is 0. The van der Waals surface area contributed by atoms with E-state index >= 15 is 0 Å². The molecule has 0 spiro atoms. The second-order valence-electron chi connectivity index (χ2n) is 4.48. The van der Waals surface area contributed by atoms with Crippen LogP contribution in [0.3, 0.4) is 0 Å². The molecule has 2 aromatic rings. The zero-order chi connectivity index (χ0) is 13.7. The van der Waals surface area contributed by atoms with Crippen molar-refractivity contribution in [3.63, 3.8) is 0 Å². The van der Waals surface area contributed by atoms with Crippen LogP contribution in [-0.2, 0) is 12.8 Å². The summed E-state index contributed by atoms with van der Waals surface area (Å²) in [5.74, 6) is 0. The smallest absolute Gasteiger partial charge is 0.197 e. The molecule has 2 heterocycles. The predicted molar refractivity (Wildman–Crippen MR) is 77.5 cm³/mol. The van der Waals surface area contributed by atoms with Crippen LogP contribution in [0, 0.1) is 0 Å². The molecular formula is C15H19ClN2O. The van der Waals surface area contributed by atoms with Crippen molar-refractivity contribution in [2.75, 3.05) is 6.54 Å². The minimum atomic E-state index is 0.135. The average molecular weight is 279 g/mol. The van der Waals surface area contributed by atoms with Gasteiger partial charge >= 0.3 is 0 Å². The summed E-state index contributed by atoms with van der Waals surface area (Å²) < 4.78 is 5.17. The van der Waals surface area contributed by atoms with Crippen LogP contribution in [0.5, 0.6) is 0 Å². The lowest BCUT2D eigenvalue weighted by molar-refractivity contribution is 0.522. The fourth-order valence-electron chi connectivity index (χ4n) is 2.09. The van der Waals surface area contributed by atoms with Gasteiger partial charge < -0.3 is 9.73 Å². The molecule has 19 heavy (non-hydrogen) atoms. The van der Waals surface area contributed by atoms with E-state index in [2.05, 4.69) is 36.3 Å². The van der Waals surface area contributed by atoms with Gasteiger partial charge in [-0.3, -0.25) is 4.98 Å². The molecule has 4 heteroatoms. The van der Waals surface area contributed by atoms with E-state index in [1.807, 2.05) is 12.3 Å². The molecule has 2 aromatic heterocycles. The Kier molecular flexibility index (Phi) is 5.00. The molecule has 0 saturated carbocycles. The van der Waals surface area contributed by atoms with Crippen LogP contribution in [0.1, 0.15) is 36.7 Å². The van der Waals surface area contributed by atoms with E-state index < -0.39 is 0 Å². The number of aryl methyl sites for hydroxylation is 1. The fraction of sp³-hybridized carbons (Fsp3) is 0.400. The maximum Gasteiger partial charge on any atom is 0.197 e. The van der Waals surface area contributed by atoms with Gasteiger partial charge in [0.05, 0.1) is 6.26 Å². The molecule has 3 nitrogen and oxygen atoms in total. The first-order valence-electron chi connectivity index (χ1n) is 6.64. The summed E-state index contributed by atoms with van der Waals surface area (Å²) in [6, 6.07) is 6.26. The van der Waals surface area contributed by atoms with Crippen LogP contribution in [0.2, 0.25) is 5.22 Å². The molecule has 0 radical (unpaired) electrons. The molecule has 0 saturated heterocycles. The SMILES string of the molecule is CCNC(Cc1ccc(CC)cn1)c1ccoc1Cl. The average Bonchev–Trinajstić information content (AvgIpc) is 2.85. The molecule has 0 aliphatic heterocycles. The van der Waals surface area contributed by atoms with Crippen molar-refractivity contribution >= 4 is 11.6 Å². The number of nitrogens with one attached hydrogen (secondary N) is 1.